The molecule has 18 heavy (non-hydrogen) atoms. The van der Waals surface area contributed by atoms with Gasteiger partial charge in [0.15, 0.2) is 0 Å². The Morgan fingerprint density at radius 2 is 2.17 bits per heavy atom. The maximum absolute atomic E-state index is 12.5. The number of nitrogens with two attached hydrogens (primary N) is 1. The summed E-state index contributed by atoms with van der Waals surface area (Å²) in [6.45, 7) is 3.12. The highest BCUT2D eigenvalue weighted by atomic mass is 16.2. The molecule has 0 aromatic carbocycles. The first kappa shape index (κ1) is 13.3. The normalized spacial score (nSPS) is 33.1. The molecule has 1 saturated heterocycles. The molecule has 5 heteroatoms. The van der Waals surface area contributed by atoms with Gasteiger partial charge < -0.3 is 16.0 Å². The monoisotopic (exact) mass is 253 g/mol. The van der Waals surface area contributed by atoms with Crippen molar-refractivity contribution >= 4 is 11.8 Å². The van der Waals surface area contributed by atoms with Gasteiger partial charge >= 0.3 is 0 Å². The van der Waals surface area contributed by atoms with Gasteiger partial charge in [0.05, 0.1) is 5.92 Å². The largest absolute Gasteiger partial charge is 0.353 e. The van der Waals surface area contributed by atoms with Gasteiger partial charge in [-0.1, -0.05) is 19.8 Å². The highest BCUT2D eigenvalue weighted by Gasteiger charge is 2.37. The van der Waals surface area contributed by atoms with Crippen LogP contribution in [0.2, 0.25) is 0 Å². The fourth-order valence-electron chi connectivity index (χ4n) is 3.06. The third-order valence-electron chi connectivity index (χ3n) is 4.14. The minimum Gasteiger partial charge on any atom is -0.353 e. The molecule has 3 atom stereocenters. The summed E-state index contributed by atoms with van der Waals surface area (Å²) in [5, 5.41) is 2.82. The van der Waals surface area contributed by atoms with E-state index in [9.17, 15) is 9.59 Å². The van der Waals surface area contributed by atoms with E-state index >= 15 is 0 Å². The lowest BCUT2D eigenvalue weighted by molar-refractivity contribution is -0.147. The van der Waals surface area contributed by atoms with Crippen LogP contribution in [0.1, 0.15) is 39.0 Å². The Kier molecular flexibility index (Phi) is 4.22. The summed E-state index contributed by atoms with van der Waals surface area (Å²) >= 11 is 0. The fourth-order valence-corrected chi connectivity index (χ4v) is 3.06. The number of carbonyl (C=O) groups excluding carboxylic acids is 2. The van der Waals surface area contributed by atoms with Gasteiger partial charge in [-0.2, -0.15) is 0 Å². The molecular weight excluding hydrogens is 230 g/mol. The van der Waals surface area contributed by atoms with Crippen LogP contribution in [0.3, 0.4) is 0 Å². The van der Waals surface area contributed by atoms with Crippen molar-refractivity contribution in [3.63, 3.8) is 0 Å². The van der Waals surface area contributed by atoms with Gasteiger partial charge in [-0.15, -0.1) is 0 Å². The third kappa shape index (κ3) is 2.51. The summed E-state index contributed by atoms with van der Waals surface area (Å²) in [6, 6.07) is -0.339. The standard InChI is InChI=1S/C13H23N3O2/c1-2-11-12(17)15-7-8-16(11)13(18)9-5-3-4-6-10(9)14/h9-11H,2-8,14H2,1H3,(H,15,17). The molecule has 102 valence electrons. The van der Waals surface area contributed by atoms with E-state index in [1.165, 1.54) is 0 Å². The molecule has 1 saturated carbocycles. The van der Waals surface area contributed by atoms with E-state index in [2.05, 4.69) is 5.32 Å². The van der Waals surface area contributed by atoms with Crippen LogP contribution in [0.25, 0.3) is 0 Å². The summed E-state index contributed by atoms with van der Waals surface area (Å²) in [6.07, 6.45) is 4.64. The second kappa shape index (κ2) is 5.69. The minimum absolute atomic E-state index is 0.0264. The zero-order chi connectivity index (χ0) is 13.1. The quantitative estimate of drug-likeness (QED) is 0.740. The van der Waals surface area contributed by atoms with Crippen LogP contribution < -0.4 is 11.1 Å². The number of carbonyl (C=O) groups is 2. The Morgan fingerprint density at radius 3 is 2.83 bits per heavy atom. The van der Waals surface area contributed by atoms with Crippen molar-refractivity contribution in [3.8, 4) is 0 Å². The number of nitrogens with zero attached hydrogens (tertiary/aromatic N) is 1. The first-order valence-corrected chi connectivity index (χ1v) is 6.99. The molecule has 0 aromatic rings. The van der Waals surface area contributed by atoms with Crippen LogP contribution in [0.15, 0.2) is 0 Å². The molecule has 0 radical (unpaired) electrons. The topological polar surface area (TPSA) is 75.4 Å². The molecule has 5 nitrogen and oxygen atoms in total. The lowest BCUT2D eigenvalue weighted by atomic mass is 9.83. The Balaban J connectivity index is 2.08. The molecule has 3 N–H and O–H groups in total. The van der Waals surface area contributed by atoms with Crippen molar-refractivity contribution in [2.45, 2.75) is 51.1 Å². The Morgan fingerprint density at radius 1 is 1.44 bits per heavy atom. The lowest BCUT2D eigenvalue weighted by Crippen LogP contribution is -2.59. The van der Waals surface area contributed by atoms with Gasteiger partial charge in [0, 0.05) is 19.1 Å². The van der Waals surface area contributed by atoms with Gasteiger partial charge in [0.2, 0.25) is 11.8 Å². The Bertz CT molecular complexity index is 332. The van der Waals surface area contributed by atoms with E-state index in [1.54, 1.807) is 4.90 Å². The lowest BCUT2D eigenvalue weighted by Gasteiger charge is -2.39. The summed E-state index contributed by atoms with van der Waals surface area (Å²) in [4.78, 5) is 26.1. The second-order valence-electron chi connectivity index (χ2n) is 5.30. The molecule has 0 spiro atoms. The highest BCUT2D eigenvalue weighted by molar-refractivity contribution is 5.89. The SMILES string of the molecule is CCC1C(=O)NCCN1C(=O)C1CCCCC1N. The van der Waals surface area contributed by atoms with Crippen molar-refractivity contribution in [1.29, 1.82) is 0 Å². The zero-order valence-corrected chi connectivity index (χ0v) is 11.0. The summed E-state index contributed by atoms with van der Waals surface area (Å²) in [5.74, 6) is -0.0240. The van der Waals surface area contributed by atoms with Crippen LogP contribution in [-0.4, -0.2) is 41.9 Å². The van der Waals surface area contributed by atoms with E-state index in [0.29, 0.717) is 19.5 Å². The number of amides is 2. The molecule has 2 amide bonds. The average molecular weight is 253 g/mol. The summed E-state index contributed by atoms with van der Waals surface area (Å²) < 4.78 is 0. The number of nitrogens with one attached hydrogen (secondary N) is 1. The molecule has 2 fully saturated rings. The molecule has 2 rings (SSSR count). The molecule has 0 bridgehead atoms. The van der Waals surface area contributed by atoms with Crippen molar-refractivity contribution in [2.75, 3.05) is 13.1 Å². The molecule has 1 heterocycles. The first-order chi connectivity index (χ1) is 8.65. The van der Waals surface area contributed by atoms with E-state index in [4.69, 9.17) is 5.73 Å². The van der Waals surface area contributed by atoms with Crippen LogP contribution in [0.4, 0.5) is 0 Å². The predicted octanol–water partition coefficient (Wildman–Crippen LogP) is 0.241. The Labute approximate surface area is 108 Å². The molecule has 0 aromatic heterocycles. The van der Waals surface area contributed by atoms with Crippen LogP contribution in [0.5, 0.6) is 0 Å². The number of hydrogen-bond donors (Lipinski definition) is 2. The van der Waals surface area contributed by atoms with E-state index in [-0.39, 0.29) is 29.8 Å². The van der Waals surface area contributed by atoms with Gasteiger partial charge in [-0.05, 0) is 19.3 Å². The predicted molar refractivity (Wildman–Crippen MR) is 68.7 cm³/mol. The minimum atomic E-state index is -0.305. The van der Waals surface area contributed by atoms with Crippen LogP contribution >= 0.6 is 0 Å². The molecule has 2 aliphatic rings. The van der Waals surface area contributed by atoms with E-state index < -0.39 is 0 Å². The van der Waals surface area contributed by atoms with Crippen molar-refractivity contribution in [2.24, 2.45) is 11.7 Å². The first-order valence-electron chi connectivity index (χ1n) is 6.99. The fraction of sp³-hybridized carbons (Fsp3) is 0.846. The second-order valence-corrected chi connectivity index (χ2v) is 5.30. The van der Waals surface area contributed by atoms with E-state index in [1.807, 2.05) is 6.92 Å². The molecule has 1 aliphatic heterocycles. The van der Waals surface area contributed by atoms with Gasteiger partial charge in [-0.25, -0.2) is 0 Å². The van der Waals surface area contributed by atoms with Crippen molar-refractivity contribution in [1.82, 2.24) is 10.2 Å². The van der Waals surface area contributed by atoms with Crippen molar-refractivity contribution < 1.29 is 9.59 Å². The zero-order valence-electron chi connectivity index (χ0n) is 11.0. The van der Waals surface area contributed by atoms with Crippen LogP contribution in [-0.2, 0) is 9.59 Å². The van der Waals surface area contributed by atoms with Crippen molar-refractivity contribution in [3.05, 3.63) is 0 Å². The van der Waals surface area contributed by atoms with Crippen LogP contribution in [0, 0.1) is 5.92 Å². The molecular formula is C13H23N3O2. The summed E-state index contributed by atoms with van der Waals surface area (Å²) in [7, 11) is 0. The van der Waals surface area contributed by atoms with Gasteiger partial charge in [-0.3, -0.25) is 9.59 Å². The maximum atomic E-state index is 12.5. The average Bonchev–Trinajstić information content (AvgIpc) is 2.38. The number of piperazine rings is 1. The van der Waals surface area contributed by atoms with Gasteiger partial charge in [0.25, 0.3) is 0 Å². The molecule has 1 aliphatic carbocycles. The Hall–Kier alpha value is -1.10. The number of hydrogen-bond acceptors (Lipinski definition) is 3. The highest BCUT2D eigenvalue weighted by Crippen LogP contribution is 2.26. The smallest absolute Gasteiger partial charge is 0.242 e. The number of rotatable bonds is 2. The molecule has 3 unspecified atom stereocenters. The maximum Gasteiger partial charge on any atom is 0.242 e. The van der Waals surface area contributed by atoms with Gasteiger partial charge in [0.1, 0.15) is 6.04 Å². The summed E-state index contributed by atoms with van der Waals surface area (Å²) in [5.41, 5.74) is 6.06. The van der Waals surface area contributed by atoms with E-state index in [0.717, 1.165) is 25.7 Å². The third-order valence-corrected chi connectivity index (χ3v) is 4.14.